The lowest BCUT2D eigenvalue weighted by Gasteiger charge is -2.07. The third kappa shape index (κ3) is 2.42. The van der Waals surface area contributed by atoms with Gasteiger partial charge in [-0.15, -0.1) is 11.3 Å². The van der Waals surface area contributed by atoms with Gasteiger partial charge in [0.15, 0.2) is 4.96 Å². The molecular formula is C14H12ClN3OS. The van der Waals surface area contributed by atoms with Crippen molar-refractivity contribution in [3.8, 4) is 0 Å². The lowest BCUT2D eigenvalue weighted by atomic mass is 10.3. The van der Waals surface area contributed by atoms with Gasteiger partial charge in [0.05, 0.1) is 22.9 Å². The number of anilines is 1. The summed E-state index contributed by atoms with van der Waals surface area (Å²) < 4.78 is 1.61. The topological polar surface area (TPSA) is 46.4 Å². The Labute approximate surface area is 124 Å². The number of aryl methyl sites for hydroxylation is 1. The predicted octanol–water partition coefficient (Wildman–Crippen LogP) is 3.33. The SMILES string of the molecule is Cc1csc2nc(CNc3ccccc3Cl)cc(=O)n12. The molecule has 0 amide bonds. The predicted molar refractivity (Wildman–Crippen MR) is 82.9 cm³/mol. The zero-order valence-corrected chi connectivity index (χ0v) is 12.3. The number of hydrogen-bond donors (Lipinski definition) is 1. The van der Waals surface area contributed by atoms with E-state index in [0.717, 1.165) is 11.4 Å². The van der Waals surface area contributed by atoms with Gasteiger partial charge in [-0.25, -0.2) is 4.98 Å². The van der Waals surface area contributed by atoms with Crippen molar-refractivity contribution in [3.05, 3.63) is 62.5 Å². The molecular weight excluding hydrogens is 294 g/mol. The monoisotopic (exact) mass is 305 g/mol. The first kappa shape index (κ1) is 13.1. The highest BCUT2D eigenvalue weighted by molar-refractivity contribution is 7.15. The van der Waals surface area contributed by atoms with Crippen molar-refractivity contribution in [1.29, 1.82) is 0 Å². The van der Waals surface area contributed by atoms with E-state index in [4.69, 9.17) is 11.6 Å². The van der Waals surface area contributed by atoms with Crippen molar-refractivity contribution < 1.29 is 0 Å². The van der Waals surface area contributed by atoms with Crippen LogP contribution in [0.2, 0.25) is 5.02 Å². The zero-order valence-electron chi connectivity index (χ0n) is 10.8. The molecule has 4 nitrogen and oxygen atoms in total. The molecule has 0 aliphatic heterocycles. The second-order valence-electron chi connectivity index (χ2n) is 4.41. The number of fused-ring (bicyclic) bond motifs is 1. The molecule has 0 spiro atoms. The first-order chi connectivity index (χ1) is 9.65. The Morgan fingerprint density at radius 1 is 1.40 bits per heavy atom. The van der Waals surface area contributed by atoms with Gasteiger partial charge in [-0.2, -0.15) is 0 Å². The average Bonchev–Trinajstić information content (AvgIpc) is 2.80. The normalized spacial score (nSPS) is 10.9. The number of nitrogens with zero attached hydrogens (tertiary/aromatic N) is 2. The first-order valence-electron chi connectivity index (χ1n) is 6.10. The maximum Gasteiger partial charge on any atom is 0.259 e. The lowest BCUT2D eigenvalue weighted by Crippen LogP contribution is -2.16. The summed E-state index contributed by atoms with van der Waals surface area (Å²) in [6.07, 6.45) is 0. The molecule has 20 heavy (non-hydrogen) atoms. The number of halogens is 1. The molecule has 0 saturated heterocycles. The quantitative estimate of drug-likeness (QED) is 0.807. The lowest BCUT2D eigenvalue weighted by molar-refractivity contribution is 0.966. The van der Waals surface area contributed by atoms with Crippen LogP contribution < -0.4 is 10.9 Å². The summed E-state index contributed by atoms with van der Waals surface area (Å²) in [7, 11) is 0. The second-order valence-corrected chi connectivity index (χ2v) is 5.66. The van der Waals surface area contributed by atoms with E-state index in [9.17, 15) is 4.79 Å². The van der Waals surface area contributed by atoms with E-state index in [2.05, 4.69) is 10.3 Å². The van der Waals surface area contributed by atoms with Crippen LogP contribution in [0.5, 0.6) is 0 Å². The van der Waals surface area contributed by atoms with Gasteiger partial charge in [0, 0.05) is 17.1 Å². The molecule has 1 N–H and O–H groups in total. The number of para-hydroxylation sites is 1. The summed E-state index contributed by atoms with van der Waals surface area (Å²) in [6, 6.07) is 9.04. The molecule has 3 aromatic rings. The summed E-state index contributed by atoms with van der Waals surface area (Å²) in [5.74, 6) is 0. The number of nitrogens with one attached hydrogen (secondary N) is 1. The molecule has 6 heteroatoms. The fourth-order valence-electron chi connectivity index (χ4n) is 1.98. The van der Waals surface area contributed by atoms with Crippen LogP contribution in [-0.2, 0) is 6.54 Å². The first-order valence-corrected chi connectivity index (χ1v) is 7.36. The molecule has 0 radical (unpaired) electrons. The summed E-state index contributed by atoms with van der Waals surface area (Å²) in [5, 5.41) is 5.77. The number of hydrogen-bond acceptors (Lipinski definition) is 4. The van der Waals surface area contributed by atoms with Gasteiger partial charge in [-0.1, -0.05) is 23.7 Å². The summed E-state index contributed by atoms with van der Waals surface area (Å²) in [4.78, 5) is 17.2. The van der Waals surface area contributed by atoms with Gasteiger partial charge < -0.3 is 5.32 Å². The van der Waals surface area contributed by atoms with Crippen LogP contribution in [0.25, 0.3) is 4.96 Å². The smallest absolute Gasteiger partial charge is 0.259 e. The number of aromatic nitrogens is 2. The molecule has 0 fully saturated rings. The molecule has 2 heterocycles. The Bertz CT molecular complexity index is 825. The second kappa shape index (κ2) is 5.26. The number of thiazole rings is 1. The zero-order chi connectivity index (χ0) is 14.1. The highest BCUT2D eigenvalue weighted by Crippen LogP contribution is 2.21. The minimum absolute atomic E-state index is 0.0512. The van der Waals surface area contributed by atoms with Crippen LogP contribution in [0.3, 0.4) is 0 Å². The van der Waals surface area contributed by atoms with E-state index >= 15 is 0 Å². The standard InChI is InChI=1S/C14H12ClN3OS/c1-9-8-20-14-17-10(6-13(19)18(9)14)7-16-12-5-3-2-4-11(12)15/h2-6,8,16H,7H2,1H3. The van der Waals surface area contributed by atoms with Gasteiger partial charge >= 0.3 is 0 Å². The minimum Gasteiger partial charge on any atom is -0.378 e. The van der Waals surface area contributed by atoms with Crippen LogP contribution in [0, 0.1) is 6.92 Å². The molecule has 0 atom stereocenters. The fraction of sp³-hybridized carbons (Fsp3) is 0.143. The summed E-state index contributed by atoms with van der Waals surface area (Å²) in [6.45, 7) is 2.36. The van der Waals surface area contributed by atoms with E-state index in [0.29, 0.717) is 22.2 Å². The largest absolute Gasteiger partial charge is 0.378 e. The van der Waals surface area contributed by atoms with Crippen molar-refractivity contribution in [3.63, 3.8) is 0 Å². The third-order valence-corrected chi connectivity index (χ3v) is 4.24. The van der Waals surface area contributed by atoms with E-state index < -0.39 is 0 Å². The van der Waals surface area contributed by atoms with Crippen molar-refractivity contribution >= 4 is 33.6 Å². The van der Waals surface area contributed by atoms with Crippen molar-refractivity contribution in [1.82, 2.24) is 9.38 Å². The molecule has 0 unspecified atom stereocenters. The van der Waals surface area contributed by atoms with Crippen LogP contribution in [0.4, 0.5) is 5.69 Å². The maximum atomic E-state index is 12.0. The Morgan fingerprint density at radius 3 is 3.00 bits per heavy atom. The van der Waals surface area contributed by atoms with Gasteiger partial charge in [0.1, 0.15) is 0 Å². The molecule has 0 aliphatic carbocycles. The van der Waals surface area contributed by atoms with E-state index in [1.807, 2.05) is 36.6 Å². The summed E-state index contributed by atoms with van der Waals surface area (Å²) >= 11 is 7.54. The van der Waals surface area contributed by atoms with Crippen molar-refractivity contribution in [2.75, 3.05) is 5.32 Å². The summed E-state index contributed by atoms with van der Waals surface area (Å²) in [5.41, 5.74) is 2.40. The van der Waals surface area contributed by atoms with Crippen LogP contribution in [-0.4, -0.2) is 9.38 Å². The molecule has 3 rings (SSSR count). The number of rotatable bonds is 3. The Hall–Kier alpha value is -1.85. The van der Waals surface area contributed by atoms with Crippen molar-refractivity contribution in [2.24, 2.45) is 0 Å². The van der Waals surface area contributed by atoms with Gasteiger partial charge in [-0.05, 0) is 19.1 Å². The Balaban J connectivity index is 1.89. The van der Waals surface area contributed by atoms with Gasteiger partial charge in [-0.3, -0.25) is 9.20 Å². The van der Waals surface area contributed by atoms with E-state index in [1.165, 1.54) is 11.3 Å². The highest BCUT2D eigenvalue weighted by atomic mass is 35.5. The Kier molecular flexibility index (Phi) is 3.46. The number of benzene rings is 1. The molecule has 102 valence electrons. The molecule has 1 aromatic carbocycles. The van der Waals surface area contributed by atoms with Crippen LogP contribution in [0.1, 0.15) is 11.4 Å². The molecule has 0 saturated carbocycles. The molecule has 0 bridgehead atoms. The molecule has 2 aromatic heterocycles. The van der Waals surface area contributed by atoms with Crippen LogP contribution in [0.15, 0.2) is 40.5 Å². The van der Waals surface area contributed by atoms with E-state index in [1.54, 1.807) is 10.5 Å². The van der Waals surface area contributed by atoms with E-state index in [-0.39, 0.29) is 5.56 Å². The van der Waals surface area contributed by atoms with Crippen LogP contribution >= 0.6 is 22.9 Å². The van der Waals surface area contributed by atoms with Gasteiger partial charge in [0.2, 0.25) is 0 Å². The maximum absolute atomic E-state index is 12.0. The Morgan fingerprint density at radius 2 is 2.20 bits per heavy atom. The molecule has 0 aliphatic rings. The highest BCUT2D eigenvalue weighted by Gasteiger charge is 2.06. The fourth-order valence-corrected chi connectivity index (χ4v) is 3.08. The van der Waals surface area contributed by atoms with Gasteiger partial charge in [0.25, 0.3) is 5.56 Å². The third-order valence-electron chi connectivity index (χ3n) is 2.96. The van der Waals surface area contributed by atoms with Crippen molar-refractivity contribution in [2.45, 2.75) is 13.5 Å². The minimum atomic E-state index is -0.0512. The average molecular weight is 306 g/mol.